The maximum Gasteiger partial charge on any atom is 0.267 e. The maximum absolute atomic E-state index is 14.2. The van der Waals surface area contributed by atoms with Crippen molar-refractivity contribution in [3.63, 3.8) is 0 Å². The topological polar surface area (TPSA) is 95.6 Å². The molecule has 0 unspecified atom stereocenters. The summed E-state index contributed by atoms with van der Waals surface area (Å²) in [7, 11) is -2.46. The Morgan fingerprint density at radius 1 is 1.00 bits per heavy atom. The zero-order chi connectivity index (χ0) is 24.6. The van der Waals surface area contributed by atoms with Crippen LogP contribution in [0.2, 0.25) is 0 Å². The Kier molecular flexibility index (Phi) is 6.33. The van der Waals surface area contributed by atoms with Crippen molar-refractivity contribution in [2.75, 3.05) is 38.2 Å². The van der Waals surface area contributed by atoms with Crippen molar-refractivity contribution in [1.29, 1.82) is 0 Å². The number of hydrogen-bond acceptors (Lipinski definition) is 6. The molecule has 1 aliphatic heterocycles. The Labute approximate surface area is 203 Å². The lowest BCUT2D eigenvalue weighted by Gasteiger charge is -2.35. The van der Waals surface area contributed by atoms with Crippen LogP contribution in [0, 0.1) is 5.82 Å². The van der Waals surface area contributed by atoms with E-state index in [1.807, 2.05) is 4.90 Å². The number of nitrogens with one attached hydrogen (secondary N) is 1. The number of nitrogens with zero attached hydrogens (tertiary/aromatic N) is 3. The van der Waals surface area contributed by atoms with Crippen molar-refractivity contribution < 1.29 is 17.5 Å². The van der Waals surface area contributed by atoms with Crippen molar-refractivity contribution in [2.45, 2.75) is 30.6 Å². The summed E-state index contributed by atoms with van der Waals surface area (Å²) in [6, 6.07) is 11.5. The first-order valence-corrected chi connectivity index (χ1v) is 13.1. The van der Waals surface area contributed by atoms with E-state index in [4.69, 9.17) is 4.74 Å². The zero-order valence-electron chi connectivity index (χ0n) is 19.5. The number of methoxy groups -OCH3 is 1. The number of H-pyrrole nitrogens is 1. The molecule has 8 nitrogen and oxygen atoms in total. The number of piperazine rings is 1. The first kappa shape index (κ1) is 23.5. The van der Waals surface area contributed by atoms with Gasteiger partial charge in [0.25, 0.3) is 5.56 Å². The van der Waals surface area contributed by atoms with Crippen LogP contribution in [0.5, 0.6) is 5.75 Å². The van der Waals surface area contributed by atoms with Crippen LogP contribution in [0.4, 0.5) is 10.1 Å². The molecule has 0 radical (unpaired) electrons. The molecule has 10 heteroatoms. The monoisotopic (exact) mass is 498 g/mol. The van der Waals surface area contributed by atoms with Gasteiger partial charge in [-0.15, -0.1) is 0 Å². The van der Waals surface area contributed by atoms with E-state index in [1.165, 1.54) is 17.5 Å². The summed E-state index contributed by atoms with van der Waals surface area (Å²) in [4.78, 5) is 14.2. The van der Waals surface area contributed by atoms with E-state index in [9.17, 15) is 17.6 Å². The fraction of sp³-hybridized carbons (Fsp3) is 0.360. The smallest absolute Gasteiger partial charge is 0.267 e. The Hall–Kier alpha value is -3.24. The molecule has 0 bridgehead atoms. The maximum atomic E-state index is 14.2. The lowest BCUT2D eigenvalue weighted by atomic mass is 9.90. The number of sulfonamides is 1. The number of hydrogen-bond donors (Lipinski definition) is 1. The molecular formula is C25H27FN4O4S. The number of benzene rings is 2. The molecule has 3 aromatic rings. The molecular weight excluding hydrogens is 471 g/mol. The molecule has 0 amide bonds. The van der Waals surface area contributed by atoms with Gasteiger partial charge in [-0.05, 0) is 61.6 Å². The van der Waals surface area contributed by atoms with Crippen LogP contribution in [0.25, 0.3) is 11.3 Å². The second-order valence-corrected chi connectivity index (χ2v) is 10.7. The standard InChI is InChI=1S/C25H27FN4O4S/c1-34-22-11-10-17(24-18-6-2-3-7-19(18)25(31)28-27-24)16-23(22)35(32,33)30-14-12-29(13-15-30)21-9-5-4-8-20(21)26/h4-5,8-11,16H,2-3,6-7,12-15H2,1H3,(H,28,31). The number of aromatic nitrogens is 2. The number of aromatic amines is 1. The van der Waals surface area contributed by atoms with Crippen molar-refractivity contribution in [3.05, 3.63) is 69.8 Å². The summed E-state index contributed by atoms with van der Waals surface area (Å²) in [5.41, 5.74) is 3.11. The summed E-state index contributed by atoms with van der Waals surface area (Å²) in [5, 5.41) is 6.84. The van der Waals surface area contributed by atoms with E-state index in [-0.39, 0.29) is 35.1 Å². The second kappa shape index (κ2) is 9.43. The number of halogens is 1. The van der Waals surface area contributed by atoms with E-state index in [2.05, 4.69) is 10.2 Å². The summed E-state index contributed by atoms with van der Waals surface area (Å²) in [6.07, 6.45) is 3.32. The molecule has 5 rings (SSSR count). The van der Waals surface area contributed by atoms with Gasteiger partial charge in [0.05, 0.1) is 18.5 Å². The van der Waals surface area contributed by atoms with Crippen molar-refractivity contribution in [2.24, 2.45) is 0 Å². The molecule has 35 heavy (non-hydrogen) atoms. The highest BCUT2D eigenvalue weighted by Crippen LogP contribution is 2.34. The van der Waals surface area contributed by atoms with Gasteiger partial charge in [-0.2, -0.15) is 9.40 Å². The Morgan fingerprint density at radius 2 is 1.71 bits per heavy atom. The molecule has 1 fully saturated rings. The van der Waals surface area contributed by atoms with Crippen molar-refractivity contribution in [1.82, 2.24) is 14.5 Å². The van der Waals surface area contributed by atoms with Gasteiger partial charge in [0, 0.05) is 37.3 Å². The van der Waals surface area contributed by atoms with E-state index in [1.54, 1.807) is 36.4 Å². The van der Waals surface area contributed by atoms with Crippen molar-refractivity contribution >= 4 is 15.7 Å². The molecule has 1 N–H and O–H groups in total. The highest BCUT2D eigenvalue weighted by molar-refractivity contribution is 7.89. The number of anilines is 1. The molecule has 184 valence electrons. The van der Waals surface area contributed by atoms with Gasteiger partial charge in [0.2, 0.25) is 10.0 Å². The first-order chi connectivity index (χ1) is 16.9. The Balaban J connectivity index is 1.47. The van der Waals surface area contributed by atoms with Crippen LogP contribution in [-0.4, -0.2) is 56.2 Å². The molecule has 0 atom stereocenters. The lowest BCUT2D eigenvalue weighted by Crippen LogP contribution is -2.49. The average Bonchev–Trinajstić information content (AvgIpc) is 2.89. The molecule has 2 aromatic carbocycles. The van der Waals surface area contributed by atoms with Crippen LogP contribution in [0.3, 0.4) is 0 Å². The van der Waals surface area contributed by atoms with E-state index in [0.717, 1.165) is 30.4 Å². The third kappa shape index (κ3) is 4.32. The second-order valence-electron chi connectivity index (χ2n) is 8.77. The molecule has 1 saturated heterocycles. The zero-order valence-corrected chi connectivity index (χ0v) is 20.3. The SMILES string of the molecule is COc1ccc(-c2n[nH]c(=O)c3c2CCCC3)cc1S(=O)(=O)N1CCN(c2ccccc2F)CC1. The predicted octanol–water partition coefficient (Wildman–Crippen LogP) is 2.97. The highest BCUT2D eigenvalue weighted by Gasteiger charge is 2.32. The summed E-state index contributed by atoms with van der Waals surface area (Å²) in [5.74, 6) is -0.0847. The number of rotatable bonds is 5. The normalized spacial score (nSPS) is 16.7. The highest BCUT2D eigenvalue weighted by atomic mass is 32.2. The number of fused-ring (bicyclic) bond motifs is 1. The van der Waals surface area contributed by atoms with Gasteiger partial charge in [-0.1, -0.05) is 12.1 Å². The Morgan fingerprint density at radius 3 is 2.43 bits per heavy atom. The Bertz CT molecular complexity index is 1420. The van der Waals surface area contributed by atoms with Gasteiger partial charge < -0.3 is 9.64 Å². The molecule has 1 aliphatic carbocycles. The van der Waals surface area contributed by atoms with Crippen LogP contribution < -0.4 is 15.2 Å². The fourth-order valence-corrected chi connectivity index (χ4v) is 6.54. The third-order valence-corrected chi connectivity index (χ3v) is 8.70. The fourth-order valence-electron chi connectivity index (χ4n) is 4.94. The van der Waals surface area contributed by atoms with Crippen LogP contribution in [-0.2, 0) is 22.9 Å². The van der Waals surface area contributed by atoms with Crippen LogP contribution in [0.15, 0.2) is 52.2 Å². The number of ether oxygens (including phenoxy) is 1. The molecule has 0 spiro atoms. The van der Waals surface area contributed by atoms with Gasteiger partial charge in [0.1, 0.15) is 16.5 Å². The molecule has 2 heterocycles. The summed E-state index contributed by atoms with van der Waals surface area (Å²) < 4.78 is 48.4. The predicted molar refractivity (Wildman–Crippen MR) is 131 cm³/mol. The summed E-state index contributed by atoms with van der Waals surface area (Å²) in [6.45, 7) is 1.18. The number of para-hydroxylation sites is 1. The van der Waals surface area contributed by atoms with Gasteiger partial charge in [0.15, 0.2) is 0 Å². The van der Waals surface area contributed by atoms with E-state index in [0.29, 0.717) is 36.5 Å². The van der Waals surface area contributed by atoms with Gasteiger partial charge in [-0.3, -0.25) is 4.79 Å². The van der Waals surface area contributed by atoms with E-state index >= 15 is 0 Å². The quantitative estimate of drug-likeness (QED) is 0.581. The van der Waals surface area contributed by atoms with E-state index < -0.39 is 10.0 Å². The first-order valence-electron chi connectivity index (χ1n) is 11.7. The third-order valence-electron chi connectivity index (χ3n) is 6.78. The van der Waals surface area contributed by atoms with Crippen molar-refractivity contribution in [3.8, 4) is 17.0 Å². The summed E-state index contributed by atoms with van der Waals surface area (Å²) >= 11 is 0. The van der Waals surface area contributed by atoms with Gasteiger partial charge >= 0.3 is 0 Å². The average molecular weight is 499 g/mol. The minimum Gasteiger partial charge on any atom is -0.495 e. The minimum atomic E-state index is -3.89. The van der Waals surface area contributed by atoms with Gasteiger partial charge in [-0.25, -0.2) is 17.9 Å². The minimum absolute atomic E-state index is 0.0504. The van der Waals surface area contributed by atoms with Crippen LogP contribution in [0.1, 0.15) is 24.0 Å². The lowest BCUT2D eigenvalue weighted by molar-refractivity contribution is 0.373. The molecule has 1 aromatic heterocycles. The largest absolute Gasteiger partial charge is 0.495 e. The molecule has 0 saturated carbocycles. The van der Waals surface area contributed by atoms with Crippen LogP contribution >= 0.6 is 0 Å². The molecule has 2 aliphatic rings.